The second-order valence-corrected chi connectivity index (χ2v) is 9.84. The van der Waals surface area contributed by atoms with Crippen molar-refractivity contribution in [3.63, 3.8) is 0 Å². The van der Waals surface area contributed by atoms with Gasteiger partial charge in [0.25, 0.3) is 11.8 Å². The Morgan fingerprint density at radius 1 is 0.941 bits per heavy atom. The van der Waals surface area contributed by atoms with Crippen molar-refractivity contribution in [1.29, 1.82) is 0 Å². The molecule has 0 bridgehead atoms. The molecule has 2 amide bonds. The zero-order valence-corrected chi connectivity index (χ0v) is 20.2. The Balaban J connectivity index is 1.24. The number of anilines is 2. The number of thioether (sulfide) groups is 1. The number of hydrogen-bond acceptors (Lipinski definition) is 4. The minimum atomic E-state index is -0.106. The minimum Gasteiger partial charge on any atom is -0.368 e. The number of hydrogen-bond donors (Lipinski definition) is 1. The van der Waals surface area contributed by atoms with Crippen molar-refractivity contribution < 1.29 is 9.59 Å². The lowest BCUT2D eigenvalue weighted by atomic mass is 10.1. The Morgan fingerprint density at radius 3 is 2.44 bits per heavy atom. The quantitative estimate of drug-likeness (QED) is 0.526. The molecule has 34 heavy (non-hydrogen) atoms. The third-order valence-corrected chi connectivity index (χ3v) is 7.41. The summed E-state index contributed by atoms with van der Waals surface area (Å²) in [5.41, 5.74) is 6.19. The number of piperazine rings is 1. The number of carbonyl (C=O) groups excluding carboxylic acids is 2. The number of aryl methyl sites for hydroxylation is 2. The van der Waals surface area contributed by atoms with Crippen LogP contribution in [0.2, 0.25) is 0 Å². The van der Waals surface area contributed by atoms with Crippen LogP contribution in [0.25, 0.3) is 6.08 Å². The molecule has 1 saturated heterocycles. The fourth-order valence-electron chi connectivity index (χ4n) is 4.37. The lowest BCUT2D eigenvalue weighted by Crippen LogP contribution is -2.49. The number of benzene rings is 3. The van der Waals surface area contributed by atoms with Crippen LogP contribution < -0.4 is 10.2 Å². The summed E-state index contributed by atoms with van der Waals surface area (Å²) in [5.74, 6) is -0.0518. The molecule has 2 heterocycles. The highest BCUT2D eigenvalue weighted by molar-refractivity contribution is 8.04. The third kappa shape index (κ3) is 4.59. The van der Waals surface area contributed by atoms with Gasteiger partial charge in [0, 0.05) is 42.3 Å². The summed E-state index contributed by atoms with van der Waals surface area (Å²) in [4.78, 5) is 31.5. The van der Waals surface area contributed by atoms with Gasteiger partial charge in [-0.05, 0) is 66.9 Å². The summed E-state index contributed by atoms with van der Waals surface area (Å²) in [7, 11) is 0. The van der Waals surface area contributed by atoms with Gasteiger partial charge in [0.15, 0.2) is 0 Å². The van der Waals surface area contributed by atoms with Gasteiger partial charge < -0.3 is 15.1 Å². The van der Waals surface area contributed by atoms with Crippen molar-refractivity contribution in [3.8, 4) is 0 Å². The Hall–Kier alpha value is -3.51. The van der Waals surface area contributed by atoms with Crippen molar-refractivity contribution >= 4 is 41.0 Å². The van der Waals surface area contributed by atoms with Gasteiger partial charge in [-0.15, -0.1) is 0 Å². The molecule has 0 spiro atoms. The second kappa shape index (κ2) is 9.39. The fraction of sp³-hybridized carbons (Fsp3) is 0.214. The number of fused-ring (bicyclic) bond motifs is 1. The Kier molecular flexibility index (Phi) is 6.16. The molecule has 2 aliphatic heterocycles. The minimum absolute atomic E-state index is 0.0542. The van der Waals surface area contributed by atoms with E-state index < -0.39 is 0 Å². The zero-order valence-electron chi connectivity index (χ0n) is 19.4. The Morgan fingerprint density at radius 2 is 1.68 bits per heavy atom. The largest absolute Gasteiger partial charge is 0.368 e. The summed E-state index contributed by atoms with van der Waals surface area (Å²) in [5, 5.41) is 2.93. The van der Waals surface area contributed by atoms with Crippen LogP contribution in [0.5, 0.6) is 0 Å². The molecule has 6 heteroatoms. The highest BCUT2D eigenvalue weighted by atomic mass is 32.2. The molecule has 0 radical (unpaired) electrons. The van der Waals surface area contributed by atoms with Gasteiger partial charge in [-0.2, -0.15) is 0 Å². The van der Waals surface area contributed by atoms with Gasteiger partial charge >= 0.3 is 0 Å². The molecule has 3 aromatic carbocycles. The zero-order chi connectivity index (χ0) is 23.7. The number of carbonyl (C=O) groups is 2. The first-order valence-corrected chi connectivity index (χ1v) is 12.3. The number of amides is 2. The van der Waals surface area contributed by atoms with E-state index in [1.165, 1.54) is 28.6 Å². The topological polar surface area (TPSA) is 52.6 Å². The van der Waals surface area contributed by atoms with Crippen LogP contribution in [0.15, 0.2) is 76.5 Å². The van der Waals surface area contributed by atoms with Crippen LogP contribution in [0.3, 0.4) is 0 Å². The molecule has 3 aromatic rings. The maximum absolute atomic E-state index is 13.1. The van der Waals surface area contributed by atoms with E-state index in [4.69, 9.17) is 0 Å². The summed E-state index contributed by atoms with van der Waals surface area (Å²) in [6.45, 7) is 7.31. The summed E-state index contributed by atoms with van der Waals surface area (Å²) in [6.07, 6.45) is 1.87. The lowest BCUT2D eigenvalue weighted by molar-refractivity contribution is -0.112. The van der Waals surface area contributed by atoms with Crippen LogP contribution in [0.1, 0.15) is 27.0 Å². The van der Waals surface area contributed by atoms with Crippen LogP contribution >= 0.6 is 11.8 Å². The molecule has 1 fully saturated rings. The first-order valence-electron chi connectivity index (χ1n) is 11.5. The monoisotopic (exact) mass is 469 g/mol. The first kappa shape index (κ1) is 22.3. The van der Waals surface area contributed by atoms with E-state index >= 15 is 0 Å². The molecule has 0 atom stereocenters. The summed E-state index contributed by atoms with van der Waals surface area (Å²) in [6, 6.07) is 21.8. The lowest BCUT2D eigenvalue weighted by Gasteiger charge is -2.37. The average molecular weight is 470 g/mol. The Bertz CT molecular complexity index is 1280. The van der Waals surface area contributed by atoms with E-state index in [0.29, 0.717) is 23.6 Å². The van der Waals surface area contributed by atoms with Crippen LogP contribution in [0.4, 0.5) is 11.4 Å². The summed E-state index contributed by atoms with van der Waals surface area (Å²) < 4.78 is 0. The van der Waals surface area contributed by atoms with E-state index in [1.54, 1.807) is 0 Å². The van der Waals surface area contributed by atoms with Gasteiger partial charge in [0.05, 0.1) is 10.6 Å². The number of nitrogens with one attached hydrogen (secondary N) is 1. The van der Waals surface area contributed by atoms with E-state index in [0.717, 1.165) is 29.2 Å². The predicted molar refractivity (Wildman–Crippen MR) is 139 cm³/mol. The predicted octanol–water partition coefficient (Wildman–Crippen LogP) is 5.35. The van der Waals surface area contributed by atoms with Crippen molar-refractivity contribution in [2.24, 2.45) is 0 Å². The molecule has 5 rings (SSSR count). The molecule has 0 aromatic heterocycles. The number of para-hydroxylation sites is 1. The second-order valence-electron chi connectivity index (χ2n) is 8.75. The first-order chi connectivity index (χ1) is 16.5. The molecule has 1 N–H and O–H groups in total. The molecule has 0 aliphatic carbocycles. The Labute approximate surface area is 204 Å². The maximum atomic E-state index is 13.1. The van der Waals surface area contributed by atoms with Crippen molar-refractivity contribution in [2.45, 2.75) is 18.7 Å². The maximum Gasteiger partial charge on any atom is 0.262 e. The number of nitrogens with zero attached hydrogens (tertiary/aromatic N) is 2. The van der Waals surface area contributed by atoms with Crippen molar-refractivity contribution in [1.82, 2.24) is 4.90 Å². The molecule has 172 valence electrons. The van der Waals surface area contributed by atoms with Gasteiger partial charge in [0.2, 0.25) is 0 Å². The van der Waals surface area contributed by atoms with E-state index in [-0.39, 0.29) is 11.8 Å². The molecule has 5 nitrogen and oxygen atoms in total. The van der Waals surface area contributed by atoms with E-state index in [9.17, 15) is 9.59 Å². The average Bonchev–Trinajstić information content (AvgIpc) is 2.86. The van der Waals surface area contributed by atoms with Crippen LogP contribution in [-0.4, -0.2) is 42.9 Å². The van der Waals surface area contributed by atoms with Crippen molar-refractivity contribution in [3.05, 3.63) is 93.9 Å². The van der Waals surface area contributed by atoms with Gasteiger partial charge in [-0.3, -0.25) is 9.59 Å². The van der Waals surface area contributed by atoms with Crippen LogP contribution in [0, 0.1) is 13.8 Å². The van der Waals surface area contributed by atoms with E-state index in [2.05, 4.69) is 42.3 Å². The molecular weight excluding hydrogens is 442 g/mol. The van der Waals surface area contributed by atoms with E-state index in [1.807, 2.05) is 59.5 Å². The fourth-order valence-corrected chi connectivity index (χ4v) is 5.32. The highest BCUT2D eigenvalue weighted by Crippen LogP contribution is 2.38. The van der Waals surface area contributed by atoms with Crippen molar-refractivity contribution in [2.75, 3.05) is 36.4 Å². The molecular formula is C28H27N3O2S. The molecule has 2 aliphatic rings. The third-order valence-electron chi connectivity index (χ3n) is 6.31. The standard InChI is InChI=1S/C28H27N3O2S/c1-19-7-8-20(2)24(17-19)30-13-15-31(16-14-30)28(33)22-11-9-21(10-12-22)18-26-27(32)29-23-5-3-4-6-25(23)34-26/h3-12,17-18H,13-16H2,1-2H3,(H,29,32)/b26-18+. The SMILES string of the molecule is Cc1ccc(C)c(N2CCN(C(=O)c3ccc(/C=C4/Sc5ccccc5NC4=O)cc3)CC2)c1. The van der Waals surface area contributed by atoms with Crippen LogP contribution in [-0.2, 0) is 4.79 Å². The number of rotatable bonds is 3. The van der Waals surface area contributed by atoms with Gasteiger partial charge in [-0.1, -0.05) is 48.2 Å². The highest BCUT2D eigenvalue weighted by Gasteiger charge is 2.24. The summed E-state index contributed by atoms with van der Waals surface area (Å²) >= 11 is 1.46. The molecule has 0 unspecified atom stereocenters. The smallest absolute Gasteiger partial charge is 0.262 e. The van der Waals surface area contributed by atoms with Gasteiger partial charge in [-0.25, -0.2) is 0 Å². The molecule has 0 saturated carbocycles. The van der Waals surface area contributed by atoms with Gasteiger partial charge in [0.1, 0.15) is 0 Å². The normalized spacial score (nSPS) is 16.9.